The van der Waals surface area contributed by atoms with Crippen molar-refractivity contribution in [1.82, 2.24) is 5.48 Å². The van der Waals surface area contributed by atoms with Crippen LogP contribution in [0.5, 0.6) is 0 Å². The number of halogens is 1. The summed E-state index contributed by atoms with van der Waals surface area (Å²) in [6.45, 7) is 1.67. The summed E-state index contributed by atoms with van der Waals surface area (Å²) in [5, 5.41) is 8.25. The van der Waals surface area contributed by atoms with Crippen LogP contribution in [0.2, 0.25) is 0 Å². The van der Waals surface area contributed by atoms with Gasteiger partial charge in [-0.3, -0.25) is 10.0 Å². The largest absolute Gasteiger partial charge is 0.289 e. The van der Waals surface area contributed by atoms with Crippen molar-refractivity contribution >= 4 is 5.91 Å². The molecule has 1 aromatic carbocycles. The van der Waals surface area contributed by atoms with Crippen molar-refractivity contribution in [2.45, 2.75) is 19.8 Å². The van der Waals surface area contributed by atoms with Crippen molar-refractivity contribution in [1.29, 1.82) is 0 Å². The summed E-state index contributed by atoms with van der Waals surface area (Å²) in [6.07, 6.45) is 0.690. The number of hydrogen-bond donors (Lipinski definition) is 2. The smallest absolute Gasteiger partial charge is 0.243 e. The molecule has 3 nitrogen and oxygen atoms in total. The molecule has 1 rings (SSSR count). The number of aryl methyl sites for hydroxylation is 2. The van der Waals surface area contributed by atoms with Gasteiger partial charge in [0.2, 0.25) is 5.91 Å². The lowest BCUT2D eigenvalue weighted by atomic mass is 10.1. The van der Waals surface area contributed by atoms with E-state index in [9.17, 15) is 9.18 Å². The fourth-order valence-electron chi connectivity index (χ4n) is 1.18. The van der Waals surface area contributed by atoms with Gasteiger partial charge in [-0.15, -0.1) is 0 Å². The van der Waals surface area contributed by atoms with Crippen molar-refractivity contribution in [2.75, 3.05) is 0 Å². The third-order valence-corrected chi connectivity index (χ3v) is 1.99. The number of benzene rings is 1. The molecule has 0 radical (unpaired) electrons. The van der Waals surface area contributed by atoms with Gasteiger partial charge in [0.1, 0.15) is 5.82 Å². The molecule has 0 bridgehead atoms. The molecule has 1 aromatic rings. The quantitative estimate of drug-likeness (QED) is 0.570. The maximum atomic E-state index is 12.8. The zero-order chi connectivity index (χ0) is 10.6. The Morgan fingerprint density at radius 3 is 2.86 bits per heavy atom. The highest BCUT2D eigenvalue weighted by molar-refractivity contribution is 5.74. The summed E-state index contributed by atoms with van der Waals surface area (Å²) in [4.78, 5) is 10.7. The highest BCUT2D eigenvalue weighted by Crippen LogP contribution is 2.10. The molecule has 0 spiro atoms. The average molecular weight is 197 g/mol. The number of hydroxylamine groups is 1. The molecule has 0 fully saturated rings. The lowest BCUT2D eigenvalue weighted by molar-refractivity contribution is -0.129. The molecule has 0 aliphatic rings. The zero-order valence-electron chi connectivity index (χ0n) is 7.88. The van der Waals surface area contributed by atoms with Crippen LogP contribution >= 0.6 is 0 Å². The first kappa shape index (κ1) is 10.7. The van der Waals surface area contributed by atoms with E-state index in [4.69, 9.17) is 5.21 Å². The van der Waals surface area contributed by atoms with Crippen LogP contribution in [0.3, 0.4) is 0 Å². The van der Waals surface area contributed by atoms with Crippen molar-refractivity contribution in [3.05, 3.63) is 35.1 Å². The zero-order valence-corrected chi connectivity index (χ0v) is 7.88. The summed E-state index contributed by atoms with van der Waals surface area (Å²) < 4.78 is 12.8. The molecule has 0 aliphatic heterocycles. The summed E-state index contributed by atoms with van der Waals surface area (Å²) >= 11 is 0. The van der Waals surface area contributed by atoms with Crippen LogP contribution in [0.15, 0.2) is 18.2 Å². The monoisotopic (exact) mass is 197 g/mol. The van der Waals surface area contributed by atoms with E-state index in [-0.39, 0.29) is 12.2 Å². The Balaban J connectivity index is 2.60. The second-order valence-electron chi connectivity index (χ2n) is 3.12. The van der Waals surface area contributed by atoms with E-state index in [0.29, 0.717) is 12.0 Å². The van der Waals surface area contributed by atoms with Gasteiger partial charge in [0.05, 0.1) is 0 Å². The number of carbonyl (C=O) groups excluding carboxylic acids is 1. The molecule has 0 saturated carbocycles. The molecular formula is C10H12FNO2. The van der Waals surface area contributed by atoms with Gasteiger partial charge in [-0.05, 0) is 30.5 Å². The lowest BCUT2D eigenvalue weighted by Crippen LogP contribution is -2.18. The maximum absolute atomic E-state index is 12.8. The van der Waals surface area contributed by atoms with E-state index in [1.807, 2.05) is 0 Å². The topological polar surface area (TPSA) is 49.3 Å². The fourth-order valence-corrected chi connectivity index (χ4v) is 1.18. The van der Waals surface area contributed by atoms with Gasteiger partial charge < -0.3 is 0 Å². The predicted molar refractivity (Wildman–Crippen MR) is 49.4 cm³/mol. The van der Waals surface area contributed by atoms with Gasteiger partial charge in [0.15, 0.2) is 0 Å². The van der Waals surface area contributed by atoms with Crippen LogP contribution in [0.4, 0.5) is 4.39 Å². The van der Waals surface area contributed by atoms with Crippen LogP contribution < -0.4 is 5.48 Å². The molecular weight excluding hydrogens is 185 g/mol. The Morgan fingerprint density at radius 1 is 1.57 bits per heavy atom. The third-order valence-electron chi connectivity index (χ3n) is 1.99. The van der Waals surface area contributed by atoms with Crippen LogP contribution in [-0.2, 0) is 11.2 Å². The van der Waals surface area contributed by atoms with E-state index < -0.39 is 5.91 Å². The Morgan fingerprint density at radius 2 is 2.29 bits per heavy atom. The molecule has 0 aliphatic carbocycles. The molecule has 0 aromatic heterocycles. The Labute approximate surface area is 81.5 Å². The molecule has 76 valence electrons. The minimum absolute atomic E-state index is 0.196. The minimum Gasteiger partial charge on any atom is -0.289 e. The number of nitrogens with one attached hydrogen (secondary N) is 1. The second-order valence-corrected chi connectivity index (χ2v) is 3.12. The summed E-state index contributed by atoms with van der Waals surface area (Å²) in [7, 11) is 0. The third kappa shape index (κ3) is 2.81. The predicted octanol–water partition coefficient (Wildman–Crippen LogP) is 1.57. The lowest BCUT2D eigenvalue weighted by Gasteiger charge is -2.02. The van der Waals surface area contributed by atoms with Crippen molar-refractivity contribution in [2.24, 2.45) is 0 Å². The van der Waals surface area contributed by atoms with E-state index in [1.54, 1.807) is 24.5 Å². The highest BCUT2D eigenvalue weighted by atomic mass is 19.1. The van der Waals surface area contributed by atoms with Crippen molar-refractivity contribution < 1.29 is 14.4 Å². The Kier molecular flexibility index (Phi) is 3.59. The first-order valence-electron chi connectivity index (χ1n) is 4.31. The molecule has 0 heterocycles. The van der Waals surface area contributed by atoms with Crippen LogP contribution in [-0.4, -0.2) is 11.1 Å². The minimum atomic E-state index is -0.438. The van der Waals surface area contributed by atoms with Crippen LogP contribution in [0.1, 0.15) is 17.5 Å². The van der Waals surface area contributed by atoms with Gasteiger partial charge in [-0.1, -0.05) is 12.1 Å². The highest BCUT2D eigenvalue weighted by Gasteiger charge is 2.02. The van der Waals surface area contributed by atoms with Crippen molar-refractivity contribution in [3.8, 4) is 0 Å². The SMILES string of the molecule is Cc1cc(CCC(=O)NO)ccc1F. The van der Waals surface area contributed by atoms with E-state index in [1.165, 1.54) is 6.07 Å². The van der Waals surface area contributed by atoms with Gasteiger partial charge in [-0.25, -0.2) is 9.87 Å². The van der Waals surface area contributed by atoms with E-state index in [2.05, 4.69) is 0 Å². The number of carbonyl (C=O) groups is 1. The Hall–Kier alpha value is -1.42. The maximum Gasteiger partial charge on any atom is 0.243 e. The molecule has 0 saturated heterocycles. The van der Waals surface area contributed by atoms with Gasteiger partial charge in [-0.2, -0.15) is 0 Å². The molecule has 2 N–H and O–H groups in total. The number of hydrogen-bond acceptors (Lipinski definition) is 2. The van der Waals surface area contributed by atoms with Crippen LogP contribution in [0, 0.1) is 12.7 Å². The number of amides is 1. The molecule has 0 atom stereocenters. The van der Waals surface area contributed by atoms with E-state index in [0.717, 1.165) is 5.56 Å². The van der Waals surface area contributed by atoms with Crippen molar-refractivity contribution in [3.63, 3.8) is 0 Å². The first-order valence-corrected chi connectivity index (χ1v) is 4.31. The van der Waals surface area contributed by atoms with Crippen LogP contribution in [0.25, 0.3) is 0 Å². The molecule has 4 heteroatoms. The first-order chi connectivity index (χ1) is 6.63. The normalized spacial score (nSPS) is 9.93. The number of rotatable bonds is 3. The second kappa shape index (κ2) is 4.72. The Bertz CT molecular complexity index is 339. The average Bonchev–Trinajstić information content (AvgIpc) is 2.19. The van der Waals surface area contributed by atoms with Gasteiger partial charge in [0, 0.05) is 6.42 Å². The fraction of sp³-hybridized carbons (Fsp3) is 0.300. The van der Waals surface area contributed by atoms with Gasteiger partial charge >= 0.3 is 0 Å². The summed E-state index contributed by atoms with van der Waals surface area (Å²) in [5.41, 5.74) is 2.99. The molecule has 14 heavy (non-hydrogen) atoms. The van der Waals surface area contributed by atoms with Gasteiger partial charge in [0.25, 0.3) is 0 Å². The summed E-state index contributed by atoms with van der Waals surface area (Å²) in [6, 6.07) is 4.70. The molecule has 0 unspecified atom stereocenters. The summed E-state index contributed by atoms with van der Waals surface area (Å²) in [5.74, 6) is -0.688. The van der Waals surface area contributed by atoms with E-state index >= 15 is 0 Å². The standard InChI is InChI=1S/C10H12FNO2/c1-7-6-8(2-4-9(7)11)3-5-10(13)12-14/h2,4,6,14H,3,5H2,1H3,(H,12,13). The molecule has 1 amide bonds.